The predicted octanol–water partition coefficient (Wildman–Crippen LogP) is 7.25. The van der Waals surface area contributed by atoms with Crippen LogP contribution in [0.25, 0.3) is 22.4 Å². The summed E-state index contributed by atoms with van der Waals surface area (Å²) in [6.45, 7) is 4.01. The Bertz CT molecular complexity index is 1370. The van der Waals surface area contributed by atoms with Gasteiger partial charge >= 0.3 is 5.97 Å². The maximum atomic E-state index is 11.0. The molecule has 0 saturated carbocycles. The summed E-state index contributed by atoms with van der Waals surface area (Å²) in [5.41, 5.74) is 8.95. The minimum absolute atomic E-state index is 0.129. The van der Waals surface area contributed by atoms with Gasteiger partial charge in [0.15, 0.2) is 0 Å². The van der Waals surface area contributed by atoms with E-state index in [0.29, 0.717) is 0 Å². The Morgan fingerprint density at radius 1 is 0.771 bits per heavy atom. The van der Waals surface area contributed by atoms with Crippen LogP contribution in [-0.4, -0.2) is 23.3 Å². The van der Waals surface area contributed by atoms with Gasteiger partial charge in [0, 0.05) is 22.5 Å². The molecule has 0 radical (unpaired) electrons. The number of anilines is 1. The van der Waals surface area contributed by atoms with Gasteiger partial charge in [-0.1, -0.05) is 97.1 Å². The van der Waals surface area contributed by atoms with Gasteiger partial charge in [-0.15, -0.1) is 0 Å². The molecular weight excluding hydrogens is 432 g/mol. The number of nitrogens with one attached hydrogen (secondary N) is 1. The smallest absolute Gasteiger partial charge is 0.322 e. The second-order valence-electron chi connectivity index (χ2n) is 8.28. The van der Waals surface area contributed by atoms with E-state index in [2.05, 4.69) is 48.6 Å². The van der Waals surface area contributed by atoms with Crippen molar-refractivity contribution in [1.82, 2.24) is 0 Å². The molecule has 4 heteroatoms. The van der Waals surface area contributed by atoms with E-state index < -0.39 is 5.97 Å². The maximum Gasteiger partial charge on any atom is 0.322 e. The number of nitrogens with zero attached hydrogens (tertiary/aromatic N) is 1. The van der Waals surface area contributed by atoms with Crippen molar-refractivity contribution in [3.05, 3.63) is 126 Å². The average molecular weight is 461 g/mol. The molecule has 0 unspecified atom stereocenters. The normalized spacial score (nSPS) is 12.1. The maximum absolute atomic E-state index is 11.0. The topological polar surface area (TPSA) is 61.7 Å². The Kier molecular flexibility index (Phi) is 7.53. The van der Waals surface area contributed by atoms with E-state index >= 15 is 0 Å². The third kappa shape index (κ3) is 5.92. The lowest BCUT2D eigenvalue weighted by molar-refractivity contribution is -0.134. The first-order valence-corrected chi connectivity index (χ1v) is 11.6. The van der Waals surface area contributed by atoms with E-state index in [1.807, 2.05) is 79.7 Å². The van der Waals surface area contributed by atoms with Gasteiger partial charge in [0.1, 0.15) is 6.54 Å². The van der Waals surface area contributed by atoms with Crippen LogP contribution in [0.15, 0.2) is 114 Å². The van der Waals surface area contributed by atoms with Gasteiger partial charge in [-0.25, -0.2) is 0 Å². The SMILES string of the molecule is CC(=N/C(=C(\C)c1ccccc1)c1ccccc1)c1ccccc1-c1cccc(NCC(=O)O)c1. The molecule has 35 heavy (non-hydrogen) atoms. The zero-order valence-electron chi connectivity index (χ0n) is 19.9. The molecule has 0 fully saturated rings. The second-order valence-corrected chi connectivity index (χ2v) is 8.28. The van der Waals surface area contributed by atoms with Crippen molar-refractivity contribution in [3.63, 3.8) is 0 Å². The largest absolute Gasteiger partial charge is 0.480 e. The Hall–Kier alpha value is -4.44. The van der Waals surface area contributed by atoms with E-state index in [4.69, 9.17) is 10.1 Å². The molecule has 4 nitrogen and oxygen atoms in total. The molecular formula is C31H28N2O2. The zero-order chi connectivity index (χ0) is 24.6. The van der Waals surface area contributed by atoms with Crippen molar-refractivity contribution >= 4 is 28.6 Å². The number of carboxylic acid groups (broad SMARTS) is 1. The number of rotatable bonds is 8. The van der Waals surface area contributed by atoms with Crippen LogP contribution in [0, 0.1) is 0 Å². The zero-order valence-corrected chi connectivity index (χ0v) is 19.9. The van der Waals surface area contributed by atoms with Crippen LogP contribution in [0.2, 0.25) is 0 Å². The Morgan fingerprint density at radius 3 is 2.09 bits per heavy atom. The molecule has 0 aliphatic rings. The third-order valence-corrected chi connectivity index (χ3v) is 5.82. The lowest BCUT2D eigenvalue weighted by atomic mass is 9.96. The molecule has 4 aromatic carbocycles. The van der Waals surface area contributed by atoms with Gasteiger partial charge in [-0.05, 0) is 48.2 Å². The highest BCUT2D eigenvalue weighted by atomic mass is 16.4. The minimum atomic E-state index is -0.896. The first-order valence-electron chi connectivity index (χ1n) is 11.6. The van der Waals surface area contributed by atoms with Gasteiger partial charge < -0.3 is 10.4 Å². The van der Waals surface area contributed by atoms with E-state index in [1.165, 1.54) is 0 Å². The number of carboxylic acids is 1. The number of carbonyl (C=O) groups is 1. The molecule has 4 rings (SSSR count). The van der Waals surface area contributed by atoms with Crippen LogP contribution in [-0.2, 0) is 4.79 Å². The monoisotopic (exact) mass is 460 g/mol. The molecule has 0 atom stereocenters. The summed E-state index contributed by atoms with van der Waals surface area (Å²) >= 11 is 0. The Labute approximate surface area is 206 Å². The van der Waals surface area contributed by atoms with Gasteiger partial charge in [-0.3, -0.25) is 9.79 Å². The van der Waals surface area contributed by atoms with Gasteiger partial charge in [0.05, 0.1) is 5.70 Å². The van der Waals surface area contributed by atoms with Crippen molar-refractivity contribution in [2.75, 3.05) is 11.9 Å². The van der Waals surface area contributed by atoms with Gasteiger partial charge in [0.2, 0.25) is 0 Å². The molecule has 0 bridgehead atoms. The Balaban J connectivity index is 1.79. The molecule has 2 N–H and O–H groups in total. The summed E-state index contributed by atoms with van der Waals surface area (Å²) in [5, 5.41) is 12.0. The first-order chi connectivity index (χ1) is 17.0. The molecule has 0 aliphatic heterocycles. The summed E-state index contributed by atoms with van der Waals surface area (Å²) in [7, 11) is 0. The highest BCUT2D eigenvalue weighted by molar-refractivity contribution is 6.08. The summed E-state index contributed by atoms with van der Waals surface area (Å²) in [6.07, 6.45) is 0. The van der Waals surface area contributed by atoms with Crippen molar-refractivity contribution in [2.45, 2.75) is 13.8 Å². The second kappa shape index (κ2) is 11.1. The molecule has 0 heterocycles. The van der Waals surface area contributed by atoms with E-state index in [0.717, 1.165) is 50.5 Å². The molecule has 0 saturated heterocycles. The van der Waals surface area contributed by atoms with Crippen molar-refractivity contribution in [2.24, 2.45) is 4.99 Å². The standard InChI is InChI=1S/C31H28N2O2/c1-22(24-12-5-3-6-13-24)31(25-14-7-4-8-15-25)33-23(2)28-18-9-10-19-29(28)26-16-11-17-27(20-26)32-21-30(34)35/h3-20,32H,21H2,1-2H3,(H,34,35)/b31-22+,33-23?. The van der Waals surface area contributed by atoms with Crippen molar-refractivity contribution in [1.29, 1.82) is 0 Å². The highest BCUT2D eigenvalue weighted by Crippen LogP contribution is 2.31. The molecule has 0 aromatic heterocycles. The molecule has 0 amide bonds. The fourth-order valence-corrected chi connectivity index (χ4v) is 4.04. The highest BCUT2D eigenvalue weighted by Gasteiger charge is 2.12. The summed E-state index contributed by atoms with van der Waals surface area (Å²) in [5.74, 6) is -0.896. The third-order valence-electron chi connectivity index (χ3n) is 5.82. The van der Waals surface area contributed by atoms with Crippen LogP contribution in [0.5, 0.6) is 0 Å². The Morgan fingerprint density at radius 2 is 1.40 bits per heavy atom. The van der Waals surface area contributed by atoms with Crippen LogP contribution >= 0.6 is 0 Å². The fourth-order valence-electron chi connectivity index (χ4n) is 4.04. The summed E-state index contributed by atoms with van der Waals surface area (Å²) in [6, 6.07) is 36.5. The number of aliphatic carboxylic acids is 1. The van der Waals surface area contributed by atoms with Crippen LogP contribution in [0.3, 0.4) is 0 Å². The average Bonchev–Trinajstić information content (AvgIpc) is 2.91. The van der Waals surface area contributed by atoms with E-state index in [9.17, 15) is 4.79 Å². The lowest BCUT2D eigenvalue weighted by Gasteiger charge is -2.14. The van der Waals surface area contributed by atoms with E-state index in [-0.39, 0.29) is 6.54 Å². The quantitative estimate of drug-likeness (QED) is 0.215. The van der Waals surface area contributed by atoms with Gasteiger partial charge in [0.25, 0.3) is 0 Å². The lowest BCUT2D eigenvalue weighted by Crippen LogP contribution is -2.12. The van der Waals surface area contributed by atoms with Gasteiger partial charge in [-0.2, -0.15) is 0 Å². The summed E-state index contributed by atoms with van der Waals surface area (Å²) < 4.78 is 0. The fraction of sp³-hybridized carbons (Fsp3) is 0.0968. The van der Waals surface area contributed by atoms with Crippen LogP contribution in [0.1, 0.15) is 30.5 Å². The van der Waals surface area contributed by atoms with Crippen molar-refractivity contribution < 1.29 is 9.90 Å². The van der Waals surface area contributed by atoms with Crippen molar-refractivity contribution in [3.8, 4) is 11.1 Å². The molecule has 4 aromatic rings. The predicted molar refractivity (Wildman–Crippen MR) is 146 cm³/mol. The number of hydrogen-bond donors (Lipinski definition) is 2. The molecule has 0 spiro atoms. The number of aliphatic imine (C=N–C) groups is 1. The number of benzene rings is 4. The molecule has 0 aliphatic carbocycles. The van der Waals surface area contributed by atoms with Crippen LogP contribution in [0.4, 0.5) is 5.69 Å². The summed E-state index contributed by atoms with van der Waals surface area (Å²) in [4.78, 5) is 16.1. The first kappa shape index (κ1) is 23.7. The number of allylic oxidation sites excluding steroid dienone is 1. The van der Waals surface area contributed by atoms with Crippen LogP contribution < -0.4 is 5.32 Å². The minimum Gasteiger partial charge on any atom is -0.480 e. The van der Waals surface area contributed by atoms with E-state index in [1.54, 1.807) is 0 Å². The molecule has 174 valence electrons. The number of hydrogen-bond acceptors (Lipinski definition) is 3.